The SMILES string of the molecule is COc1cccc(C2CC(N)CN(CC(=O)O)C2)c1. The minimum absolute atomic E-state index is 0.0179. The second-order valence-corrected chi connectivity index (χ2v) is 5.06. The van der Waals surface area contributed by atoms with Crippen molar-refractivity contribution in [2.75, 3.05) is 26.7 Å². The highest BCUT2D eigenvalue weighted by Crippen LogP contribution is 2.28. The maximum atomic E-state index is 10.8. The monoisotopic (exact) mass is 264 g/mol. The molecule has 19 heavy (non-hydrogen) atoms. The first-order valence-electron chi connectivity index (χ1n) is 6.42. The van der Waals surface area contributed by atoms with Crippen molar-refractivity contribution in [1.29, 1.82) is 0 Å². The maximum absolute atomic E-state index is 10.8. The molecule has 1 fully saturated rings. The molecule has 1 aromatic rings. The van der Waals surface area contributed by atoms with Crippen molar-refractivity contribution in [3.63, 3.8) is 0 Å². The first kappa shape index (κ1) is 13.8. The average molecular weight is 264 g/mol. The normalized spacial score (nSPS) is 24.1. The predicted octanol–water partition coefficient (Wildman–Crippen LogP) is 0.896. The number of piperidine rings is 1. The summed E-state index contributed by atoms with van der Waals surface area (Å²) in [5.74, 6) is 0.276. The number of aliphatic carboxylic acids is 1. The smallest absolute Gasteiger partial charge is 0.317 e. The van der Waals surface area contributed by atoms with E-state index in [1.807, 2.05) is 29.2 Å². The Hall–Kier alpha value is -1.59. The van der Waals surface area contributed by atoms with Gasteiger partial charge in [0.25, 0.3) is 0 Å². The van der Waals surface area contributed by atoms with Crippen LogP contribution < -0.4 is 10.5 Å². The van der Waals surface area contributed by atoms with Crippen molar-refractivity contribution in [3.8, 4) is 5.75 Å². The number of ether oxygens (including phenoxy) is 1. The summed E-state index contributed by atoms with van der Waals surface area (Å²) in [4.78, 5) is 12.7. The third-order valence-corrected chi connectivity index (χ3v) is 3.48. The Morgan fingerprint density at radius 3 is 3.00 bits per heavy atom. The van der Waals surface area contributed by atoms with Gasteiger partial charge in [0, 0.05) is 19.1 Å². The average Bonchev–Trinajstić information content (AvgIpc) is 2.37. The highest BCUT2D eigenvalue weighted by molar-refractivity contribution is 5.69. The molecule has 1 heterocycles. The number of benzene rings is 1. The van der Waals surface area contributed by atoms with Gasteiger partial charge >= 0.3 is 5.97 Å². The van der Waals surface area contributed by atoms with E-state index >= 15 is 0 Å². The third kappa shape index (κ3) is 3.68. The summed E-state index contributed by atoms with van der Waals surface area (Å²) in [6.45, 7) is 1.42. The molecule has 0 spiro atoms. The van der Waals surface area contributed by atoms with Crippen LogP contribution in [0.1, 0.15) is 17.9 Å². The van der Waals surface area contributed by atoms with Gasteiger partial charge in [-0.3, -0.25) is 9.69 Å². The predicted molar refractivity (Wildman–Crippen MR) is 72.4 cm³/mol. The molecular weight excluding hydrogens is 244 g/mol. The van der Waals surface area contributed by atoms with Gasteiger partial charge in [-0.15, -0.1) is 0 Å². The summed E-state index contributed by atoms with van der Waals surface area (Å²) >= 11 is 0. The lowest BCUT2D eigenvalue weighted by atomic mass is 9.88. The van der Waals surface area contributed by atoms with Gasteiger partial charge in [-0.2, -0.15) is 0 Å². The van der Waals surface area contributed by atoms with Crippen LogP contribution >= 0.6 is 0 Å². The van der Waals surface area contributed by atoms with Gasteiger partial charge in [-0.1, -0.05) is 12.1 Å². The van der Waals surface area contributed by atoms with E-state index in [0.717, 1.165) is 24.3 Å². The Labute approximate surface area is 113 Å². The van der Waals surface area contributed by atoms with Crippen molar-refractivity contribution in [3.05, 3.63) is 29.8 Å². The lowest BCUT2D eigenvalue weighted by molar-refractivity contribution is -0.138. The zero-order chi connectivity index (χ0) is 13.8. The van der Waals surface area contributed by atoms with Gasteiger partial charge in [-0.05, 0) is 30.0 Å². The van der Waals surface area contributed by atoms with Crippen molar-refractivity contribution < 1.29 is 14.6 Å². The van der Waals surface area contributed by atoms with Gasteiger partial charge in [0.1, 0.15) is 5.75 Å². The van der Waals surface area contributed by atoms with Gasteiger partial charge < -0.3 is 15.6 Å². The molecule has 0 aromatic heterocycles. The van der Waals surface area contributed by atoms with E-state index in [2.05, 4.69) is 0 Å². The molecule has 0 saturated carbocycles. The molecule has 2 rings (SSSR count). The van der Waals surface area contributed by atoms with Crippen LogP contribution in [0.25, 0.3) is 0 Å². The van der Waals surface area contributed by atoms with Crippen LogP contribution in [-0.4, -0.2) is 48.8 Å². The second-order valence-electron chi connectivity index (χ2n) is 5.06. The molecule has 1 aromatic carbocycles. The lowest BCUT2D eigenvalue weighted by Crippen LogP contribution is -2.47. The number of nitrogens with two attached hydrogens (primary N) is 1. The third-order valence-electron chi connectivity index (χ3n) is 3.48. The number of likely N-dealkylation sites (tertiary alicyclic amines) is 1. The standard InChI is InChI=1S/C14H20N2O3/c1-19-13-4-2-3-10(6-13)11-5-12(15)8-16(7-11)9-14(17)18/h2-4,6,11-12H,5,7-9,15H2,1H3,(H,17,18). The summed E-state index contributed by atoms with van der Waals surface area (Å²) in [7, 11) is 1.64. The largest absolute Gasteiger partial charge is 0.497 e. The number of nitrogens with zero attached hydrogens (tertiary/aromatic N) is 1. The molecular formula is C14H20N2O3. The highest BCUT2D eigenvalue weighted by atomic mass is 16.5. The Morgan fingerprint density at radius 2 is 2.32 bits per heavy atom. The molecule has 1 saturated heterocycles. The Morgan fingerprint density at radius 1 is 1.53 bits per heavy atom. The van der Waals surface area contributed by atoms with Gasteiger partial charge in [0.15, 0.2) is 0 Å². The minimum atomic E-state index is -0.807. The van der Waals surface area contributed by atoms with E-state index in [1.54, 1.807) is 7.11 Å². The first-order valence-corrected chi connectivity index (χ1v) is 6.42. The van der Waals surface area contributed by atoms with E-state index in [-0.39, 0.29) is 18.5 Å². The summed E-state index contributed by atoms with van der Waals surface area (Å²) in [5, 5.41) is 8.89. The molecule has 1 aliphatic heterocycles. The number of carboxylic acid groups (broad SMARTS) is 1. The Balaban J connectivity index is 2.11. The van der Waals surface area contributed by atoms with E-state index in [4.69, 9.17) is 15.6 Å². The van der Waals surface area contributed by atoms with Crippen molar-refractivity contribution in [2.24, 2.45) is 5.73 Å². The molecule has 0 radical (unpaired) electrons. The second kappa shape index (κ2) is 6.04. The zero-order valence-electron chi connectivity index (χ0n) is 11.1. The van der Waals surface area contributed by atoms with Gasteiger partial charge in [0.05, 0.1) is 13.7 Å². The van der Waals surface area contributed by atoms with Crippen LogP contribution in [0.5, 0.6) is 5.75 Å². The quantitative estimate of drug-likeness (QED) is 0.845. The number of rotatable bonds is 4. The molecule has 0 amide bonds. The number of carboxylic acids is 1. The van der Waals surface area contributed by atoms with Crippen molar-refractivity contribution >= 4 is 5.97 Å². The fraction of sp³-hybridized carbons (Fsp3) is 0.500. The van der Waals surface area contributed by atoms with Crippen LogP contribution in [0.2, 0.25) is 0 Å². The van der Waals surface area contributed by atoms with E-state index in [1.165, 1.54) is 0 Å². The number of methoxy groups -OCH3 is 1. The first-order chi connectivity index (χ1) is 9.08. The van der Waals surface area contributed by atoms with E-state index < -0.39 is 5.97 Å². The molecule has 3 N–H and O–H groups in total. The molecule has 104 valence electrons. The summed E-state index contributed by atoms with van der Waals surface area (Å²) in [6, 6.07) is 7.92. The number of hydrogen-bond donors (Lipinski definition) is 2. The zero-order valence-corrected chi connectivity index (χ0v) is 11.1. The molecule has 5 heteroatoms. The summed E-state index contributed by atoms with van der Waals surface area (Å²) < 4.78 is 5.22. The van der Waals surface area contributed by atoms with Gasteiger partial charge in [-0.25, -0.2) is 0 Å². The highest BCUT2D eigenvalue weighted by Gasteiger charge is 2.27. The van der Waals surface area contributed by atoms with Crippen LogP contribution in [0.3, 0.4) is 0 Å². The van der Waals surface area contributed by atoms with E-state index in [9.17, 15) is 4.79 Å². The van der Waals surface area contributed by atoms with Crippen LogP contribution in [0, 0.1) is 0 Å². The Kier molecular flexibility index (Phi) is 4.39. The summed E-state index contributed by atoms with van der Waals surface area (Å²) in [6.07, 6.45) is 0.878. The molecule has 0 bridgehead atoms. The van der Waals surface area contributed by atoms with E-state index in [0.29, 0.717) is 6.54 Å². The van der Waals surface area contributed by atoms with Crippen molar-refractivity contribution in [2.45, 2.75) is 18.4 Å². The number of hydrogen-bond acceptors (Lipinski definition) is 4. The van der Waals surface area contributed by atoms with Crippen LogP contribution in [0.15, 0.2) is 24.3 Å². The number of carbonyl (C=O) groups is 1. The molecule has 1 aliphatic rings. The van der Waals surface area contributed by atoms with Gasteiger partial charge in [0.2, 0.25) is 0 Å². The fourth-order valence-corrected chi connectivity index (χ4v) is 2.69. The molecule has 0 aliphatic carbocycles. The lowest BCUT2D eigenvalue weighted by Gasteiger charge is -2.35. The Bertz CT molecular complexity index is 450. The van der Waals surface area contributed by atoms with Crippen LogP contribution in [-0.2, 0) is 4.79 Å². The summed E-state index contributed by atoms with van der Waals surface area (Å²) in [5.41, 5.74) is 7.19. The van der Waals surface area contributed by atoms with Crippen molar-refractivity contribution in [1.82, 2.24) is 4.90 Å². The molecule has 2 unspecified atom stereocenters. The topological polar surface area (TPSA) is 75.8 Å². The van der Waals surface area contributed by atoms with Crippen LogP contribution in [0.4, 0.5) is 0 Å². The maximum Gasteiger partial charge on any atom is 0.317 e. The molecule has 5 nitrogen and oxygen atoms in total. The minimum Gasteiger partial charge on any atom is -0.497 e. The fourth-order valence-electron chi connectivity index (χ4n) is 2.69. The molecule has 2 atom stereocenters.